The van der Waals surface area contributed by atoms with Gasteiger partial charge in [-0.2, -0.15) is 0 Å². The Morgan fingerprint density at radius 1 is 0.962 bits per heavy atom. The third-order valence-electron chi connectivity index (χ3n) is 4.11. The van der Waals surface area contributed by atoms with Crippen molar-refractivity contribution in [3.05, 3.63) is 102 Å². The third-order valence-corrected chi connectivity index (χ3v) is 4.11. The van der Waals surface area contributed by atoms with E-state index < -0.39 is 0 Å². The molecule has 0 aliphatic rings. The standard InChI is InChI=1S/C21H19N5/c1-25-11-12-26(16-25)20-7-4-5-17(14-20)13-19-8-10-23-21(24-19)15-18-6-2-3-9-22-18/h2-12,14H,13,15H2,1H3. The lowest BCUT2D eigenvalue weighted by molar-refractivity contribution is -0.674. The molecule has 3 aromatic heterocycles. The highest BCUT2D eigenvalue weighted by Gasteiger charge is 2.05. The minimum Gasteiger partial charge on any atom is -0.326 e. The molecule has 5 heteroatoms. The van der Waals surface area contributed by atoms with Gasteiger partial charge >= 0.3 is 0 Å². The van der Waals surface area contributed by atoms with Crippen LogP contribution in [0.25, 0.3) is 5.69 Å². The van der Waals surface area contributed by atoms with E-state index in [1.54, 1.807) is 6.20 Å². The van der Waals surface area contributed by atoms with Crippen LogP contribution in [-0.2, 0) is 19.9 Å². The molecule has 26 heavy (non-hydrogen) atoms. The lowest BCUT2D eigenvalue weighted by Crippen LogP contribution is -2.24. The van der Waals surface area contributed by atoms with Gasteiger partial charge in [-0.3, -0.25) is 4.98 Å². The largest absolute Gasteiger partial charge is 0.326 e. The van der Waals surface area contributed by atoms with Crippen LogP contribution in [-0.4, -0.2) is 19.5 Å². The average Bonchev–Trinajstić information content (AvgIpc) is 3.10. The summed E-state index contributed by atoms with van der Waals surface area (Å²) >= 11 is 0. The van der Waals surface area contributed by atoms with Gasteiger partial charge in [0.15, 0.2) is 0 Å². The summed E-state index contributed by atoms with van der Waals surface area (Å²) in [7, 11) is 1.96. The van der Waals surface area contributed by atoms with Crippen molar-refractivity contribution >= 4 is 0 Å². The number of aryl methyl sites for hydroxylation is 1. The van der Waals surface area contributed by atoms with Gasteiger partial charge in [-0.05, 0) is 23.8 Å². The molecular formula is C21H19N5. The molecule has 0 aliphatic carbocycles. The van der Waals surface area contributed by atoms with Gasteiger partial charge in [-0.25, -0.2) is 9.97 Å². The number of pyridine rings is 1. The first-order chi connectivity index (χ1) is 12.8. The van der Waals surface area contributed by atoms with Crippen LogP contribution in [0.4, 0.5) is 0 Å². The van der Waals surface area contributed by atoms with Crippen molar-refractivity contribution in [2.24, 2.45) is 7.05 Å². The summed E-state index contributed by atoms with van der Waals surface area (Å²) in [6.07, 6.45) is 12.2. The van der Waals surface area contributed by atoms with Gasteiger partial charge in [0.05, 0.1) is 19.2 Å². The quantitative estimate of drug-likeness (QED) is 0.414. The van der Waals surface area contributed by atoms with Crippen LogP contribution >= 0.6 is 0 Å². The lowest BCUT2D eigenvalue weighted by Gasteiger charge is -2.07. The van der Waals surface area contributed by atoms with E-state index >= 15 is 0 Å². The minimum absolute atomic E-state index is 0.642. The Morgan fingerprint density at radius 2 is 1.92 bits per heavy atom. The summed E-state index contributed by atoms with van der Waals surface area (Å²) in [6, 6.07) is 16.3. The zero-order valence-electron chi connectivity index (χ0n) is 14.6. The smallest absolute Gasteiger partial charge is 0.243 e. The number of nitrogens with zero attached hydrogens (tertiary/aromatic N) is 5. The summed E-state index contributed by atoms with van der Waals surface area (Å²) in [5.41, 5.74) is 4.27. The molecule has 3 heterocycles. The molecule has 1 aromatic carbocycles. The van der Waals surface area contributed by atoms with Crippen LogP contribution in [0.3, 0.4) is 0 Å². The number of hydrogen-bond donors (Lipinski definition) is 0. The van der Waals surface area contributed by atoms with Crippen molar-refractivity contribution in [1.29, 1.82) is 0 Å². The minimum atomic E-state index is 0.642. The van der Waals surface area contributed by atoms with Crippen LogP contribution in [0.1, 0.15) is 22.8 Å². The topological polar surface area (TPSA) is 47.5 Å². The summed E-state index contributed by atoms with van der Waals surface area (Å²) in [6.45, 7) is 0. The molecule has 0 saturated carbocycles. The van der Waals surface area contributed by atoms with Crippen molar-refractivity contribution in [3.63, 3.8) is 0 Å². The molecule has 0 N–H and O–H groups in total. The van der Waals surface area contributed by atoms with Crippen molar-refractivity contribution in [2.75, 3.05) is 0 Å². The number of rotatable bonds is 5. The predicted molar refractivity (Wildman–Crippen MR) is 97.7 cm³/mol. The molecule has 0 unspecified atom stereocenters. The second kappa shape index (κ2) is 7.27. The van der Waals surface area contributed by atoms with E-state index in [1.165, 1.54) is 5.56 Å². The fourth-order valence-corrected chi connectivity index (χ4v) is 2.86. The Labute approximate surface area is 152 Å². The van der Waals surface area contributed by atoms with E-state index in [1.807, 2.05) is 59.0 Å². The normalized spacial score (nSPS) is 10.8. The van der Waals surface area contributed by atoms with Crippen LogP contribution < -0.4 is 4.57 Å². The second-order valence-electron chi connectivity index (χ2n) is 6.19. The van der Waals surface area contributed by atoms with Crippen molar-refractivity contribution < 1.29 is 4.57 Å². The van der Waals surface area contributed by atoms with Gasteiger partial charge < -0.3 is 9.13 Å². The molecule has 5 nitrogen and oxygen atoms in total. The monoisotopic (exact) mass is 341 g/mol. The van der Waals surface area contributed by atoms with Gasteiger partial charge in [-0.1, -0.05) is 30.3 Å². The highest BCUT2D eigenvalue weighted by Crippen LogP contribution is 2.13. The number of aromatic nitrogens is 5. The van der Waals surface area contributed by atoms with Crippen molar-refractivity contribution in [2.45, 2.75) is 12.8 Å². The average molecular weight is 341 g/mol. The molecule has 0 spiro atoms. The van der Waals surface area contributed by atoms with Crippen LogP contribution in [0, 0.1) is 6.33 Å². The molecule has 0 radical (unpaired) electrons. The van der Waals surface area contributed by atoms with E-state index in [2.05, 4.69) is 40.6 Å². The second-order valence-corrected chi connectivity index (χ2v) is 6.19. The zero-order valence-corrected chi connectivity index (χ0v) is 14.6. The molecule has 0 saturated heterocycles. The molecule has 0 fully saturated rings. The Bertz CT molecular complexity index is 1010. The molecule has 0 amide bonds. The number of hydrogen-bond acceptors (Lipinski definition) is 3. The van der Waals surface area contributed by atoms with Crippen LogP contribution in [0.2, 0.25) is 0 Å². The van der Waals surface area contributed by atoms with Crippen molar-refractivity contribution in [1.82, 2.24) is 19.5 Å². The fourth-order valence-electron chi connectivity index (χ4n) is 2.86. The van der Waals surface area contributed by atoms with Crippen molar-refractivity contribution in [3.8, 4) is 5.69 Å². The van der Waals surface area contributed by atoms with E-state index in [4.69, 9.17) is 4.98 Å². The molecular weight excluding hydrogens is 322 g/mol. The summed E-state index contributed by atoms with van der Waals surface area (Å²) < 4.78 is 3.89. The maximum atomic E-state index is 4.70. The first kappa shape index (κ1) is 16.1. The molecule has 0 bridgehead atoms. The SMILES string of the molecule is C[n+]1[c-]n(-c2cccc(Cc3ccnc(Cc4ccccn4)n3)c2)cc1. The van der Waals surface area contributed by atoms with E-state index in [9.17, 15) is 0 Å². The van der Waals surface area contributed by atoms with E-state index in [0.29, 0.717) is 6.42 Å². The molecule has 0 aliphatic heterocycles. The first-order valence-corrected chi connectivity index (χ1v) is 8.52. The lowest BCUT2D eigenvalue weighted by atomic mass is 10.1. The Morgan fingerprint density at radius 3 is 2.73 bits per heavy atom. The Balaban J connectivity index is 1.53. The highest BCUT2D eigenvalue weighted by molar-refractivity contribution is 5.36. The van der Waals surface area contributed by atoms with Gasteiger partial charge in [-0.15, -0.1) is 0 Å². The maximum Gasteiger partial charge on any atom is 0.243 e. The summed E-state index contributed by atoms with van der Waals surface area (Å²) in [5.74, 6) is 0.795. The van der Waals surface area contributed by atoms with Gasteiger partial charge in [0.25, 0.3) is 0 Å². The molecule has 4 aromatic rings. The Hall–Kier alpha value is -3.34. The summed E-state index contributed by atoms with van der Waals surface area (Å²) in [4.78, 5) is 13.4. The van der Waals surface area contributed by atoms with Gasteiger partial charge in [0.2, 0.25) is 6.33 Å². The molecule has 4 rings (SSSR count). The molecule has 0 atom stereocenters. The van der Waals surface area contributed by atoms with E-state index in [0.717, 1.165) is 29.3 Å². The van der Waals surface area contributed by atoms with Crippen LogP contribution in [0.15, 0.2) is 73.3 Å². The zero-order chi connectivity index (χ0) is 17.8. The fraction of sp³-hybridized carbons (Fsp3) is 0.143. The van der Waals surface area contributed by atoms with Gasteiger partial charge in [0.1, 0.15) is 5.82 Å². The Kier molecular flexibility index (Phi) is 4.51. The number of benzene rings is 1. The maximum absolute atomic E-state index is 4.70. The molecule has 128 valence electrons. The predicted octanol–water partition coefficient (Wildman–Crippen LogP) is 2.47. The highest BCUT2D eigenvalue weighted by atomic mass is 15.1. The third kappa shape index (κ3) is 3.83. The summed E-state index contributed by atoms with van der Waals surface area (Å²) in [5, 5.41) is 0. The van der Waals surface area contributed by atoms with Crippen LogP contribution in [0.5, 0.6) is 0 Å². The van der Waals surface area contributed by atoms with E-state index in [-0.39, 0.29) is 0 Å². The first-order valence-electron chi connectivity index (χ1n) is 8.52. The van der Waals surface area contributed by atoms with Gasteiger partial charge in [0, 0.05) is 42.6 Å². The number of imidazole rings is 1.